The molecule has 4 heteroatoms. The zero-order chi connectivity index (χ0) is 13.1. The van der Waals surface area contributed by atoms with Gasteiger partial charge in [-0.25, -0.2) is 0 Å². The molecule has 1 fully saturated rings. The monoisotopic (exact) mass is 283 g/mol. The van der Waals surface area contributed by atoms with E-state index in [2.05, 4.69) is 13.8 Å². The van der Waals surface area contributed by atoms with Crippen LogP contribution >= 0.6 is 23.4 Å². The van der Waals surface area contributed by atoms with Crippen molar-refractivity contribution in [3.8, 4) is 0 Å². The molecule has 2 nitrogen and oxygen atoms in total. The number of amides is 1. The Morgan fingerprint density at radius 3 is 3.00 bits per heavy atom. The van der Waals surface area contributed by atoms with Crippen molar-refractivity contribution < 1.29 is 4.79 Å². The molecule has 98 valence electrons. The van der Waals surface area contributed by atoms with Crippen molar-refractivity contribution in [2.24, 2.45) is 5.92 Å². The fraction of sp³-hybridized carbons (Fsp3) is 0.500. The minimum absolute atomic E-state index is 0.134. The van der Waals surface area contributed by atoms with E-state index >= 15 is 0 Å². The molecule has 0 aliphatic carbocycles. The number of hydrogen-bond donors (Lipinski definition) is 0. The summed E-state index contributed by atoms with van der Waals surface area (Å²) in [6.45, 7) is 5.00. The van der Waals surface area contributed by atoms with Crippen molar-refractivity contribution in [1.29, 1.82) is 0 Å². The van der Waals surface area contributed by atoms with E-state index in [0.717, 1.165) is 22.9 Å². The molecule has 0 aromatic heterocycles. The molecule has 0 bridgehead atoms. The first kappa shape index (κ1) is 13.8. The smallest absolute Gasteiger partial charge is 0.224 e. The van der Waals surface area contributed by atoms with E-state index in [0.29, 0.717) is 12.3 Å². The first-order valence-electron chi connectivity index (χ1n) is 6.24. The van der Waals surface area contributed by atoms with Gasteiger partial charge in [-0.2, -0.15) is 0 Å². The molecule has 1 aromatic rings. The lowest BCUT2D eigenvalue weighted by molar-refractivity contribution is -0.132. The predicted octanol–water partition coefficient (Wildman–Crippen LogP) is 3.96. The van der Waals surface area contributed by atoms with Crippen LogP contribution < -0.4 is 0 Å². The average Bonchev–Trinajstić information content (AvgIpc) is 2.76. The van der Waals surface area contributed by atoms with Crippen LogP contribution in [0.1, 0.15) is 31.2 Å². The molecule has 1 aliphatic heterocycles. The fourth-order valence-electron chi connectivity index (χ4n) is 2.13. The van der Waals surface area contributed by atoms with E-state index in [1.54, 1.807) is 0 Å². The summed E-state index contributed by atoms with van der Waals surface area (Å²) in [5, 5.41) is 0.867. The molecule has 1 heterocycles. The summed E-state index contributed by atoms with van der Waals surface area (Å²) in [5.74, 6) is 1.66. The van der Waals surface area contributed by atoms with Crippen molar-refractivity contribution in [1.82, 2.24) is 4.90 Å². The fourth-order valence-corrected chi connectivity index (χ4v) is 3.59. The van der Waals surface area contributed by atoms with Crippen LogP contribution in [-0.2, 0) is 4.79 Å². The highest BCUT2D eigenvalue weighted by Gasteiger charge is 2.30. The van der Waals surface area contributed by atoms with Gasteiger partial charge in [0.1, 0.15) is 5.37 Å². The third-order valence-electron chi connectivity index (χ3n) is 2.93. The maximum atomic E-state index is 12.2. The van der Waals surface area contributed by atoms with Crippen LogP contribution in [0.15, 0.2) is 24.3 Å². The number of thioether (sulfide) groups is 1. The second-order valence-electron chi connectivity index (χ2n) is 4.96. The summed E-state index contributed by atoms with van der Waals surface area (Å²) in [4.78, 5) is 14.2. The summed E-state index contributed by atoms with van der Waals surface area (Å²) in [7, 11) is 0. The SMILES string of the molecule is CC(C)CC(=O)N1CCS[C@H]1c1cccc(Cl)c1. The first-order valence-corrected chi connectivity index (χ1v) is 7.67. The number of nitrogens with zero attached hydrogens (tertiary/aromatic N) is 1. The van der Waals surface area contributed by atoms with E-state index in [4.69, 9.17) is 11.6 Å². The van der Waals surface area contributed by atoms with Crippen LogP contribution in [-0.4, -0.2) is 23.1 Å². The molecule has 18 heavy (non-hydrogen) atoms. The number of benzene rings is 1. The van der Waals surface area contributed by atoms with Gasteiger partial charge in [-0.15, -0.1) is 11.8 Å². The molecule has 2 rings (SSSR count). The largest absolute Gasteiger partial charge is 0.326 e. The Labute approximate surface area is 118 Å². The van der Waals surface area contributed by atoms with Gasteiger partial charge < -0.3 is 4.90 Å². The Hall–Kier alpha value is -0.670. The number of carbonyl (C=O) groups excluding carboxylic acids is 1. The maximum absolute atomic E-state index is 12.2. The lowest BCUT2D eigenvalue weighted by Gasteiger charge is -2.25. The van der Waals surface area contributed by atoms with Crippen molar-refractivity contribution in [2.45, 2.75) is 25.6 Å². The van der Waals surface area contributed by atoms with Crippen molar-refractivity contribution in [3.63, 3.8) is 0 Å². The van der Waals surface area contributed by atoms with Crippen LogP contribution in [0.2, 0.25) is 5.02 Å². The quantitative estimate of drug-likeness (QED) is 0.837. The third kappa shape index (κ3) is 3.21. The lowest BCUT2D eigenvalue weighted by atomic mass is 10.1. The molecule has 0 spiro atoms. The lowest BCUT2D eigenvalue weighted by Crippen LogP contribution is -2.31. The van der Waals surface area contributed by atoms with Gasteiger partial charge in [-0.1, -0.05) is 37.6 Å². The van der Waals surface area contributed by atoms with Gasteiger partial charge in [0.05, 0.1) is 0 Å². The number of rotatable bonds is 3. The van der Waals surface area contributed by atoms with E-state index in [1.165, 1.54) is 0 Å². The topological polar surface area (TPSA) is 20.3 Å². The molecule has 0 N–H and O–H groups in total. The summed E-state index contributed by atoms with van der Waals surface area (Å²) in [6.07, 6.45) is 0.623. The highest BCUT2D eigenvalue weighted by molar-refractivity contribution is 7.99. The summed E-state index contributed by atoms with van der Waals surface area (Å²) >= 11 is 7.84. The van der Waals surface area contributed by atoms with E-state index < -0.39 is 0 Å². The Morgan fingerprint density at radius 1 is 1.56 bits per heavy atom. The van der Waals surface area contributed by atoms with Crippen LogP contribution in [0.4, 0.5) is 0 Å². The van der Waals surface area contributed by atoms with Crippen LogP contribution in [0, 0.1) is 5.92 Å². The minimum atomic E-state index is 0.134. The van der Waals surface area contributed by atoms with E-state index in [1.807, 2.05) is 40.9 Å². The van der Waals surface area contributed by atoms with E-state index in [9.17, 15) is 4.79 Å². The van der Waals surface area contributed by atoms with Crippen molar-refractivity contribution in [2.75, 3.05) is 12.3 Å². The third-order valence-corrected chi connectivity index (χ3v) is 4.42. The van der Waals surface area contributed by atoms with Gasteiger partial charge in [0.2, 0.25) is 5.91 Å². The Morgan fingerprint density at radius 2 is 2.33 bits per heavy atom. The zero-order valence-corrected chi connectivity index (χ0v) is 12.3. The standard InChI is InChI=1S/C14H18ClNOS/c1-10(2)8-13(17)16-6-7-18-14(16)11-4-3-5-12(15)9-11/h3-5,9-10,14H,6-8H2,1-2H3/t14-/m0/s1. The zero-order valence-electron chi connectivity index (χ0n) is 10.7. The van der Waals surface area contributed by atoms with Gasteiger partial charge >= 0.3 is 0 Å². The van der Waals surface area contributed by atoms with E-state index in [-0.39, 0.29) is 11.3 Å². The maximum Gasteiger partial charge on any atom is 0.224 e. The number of halogens is 1. The van der Waals surface area contributed by atoms with Gasteiger partial charge in [-0.05, 0) is 23.6 Å². The summed E-state index contributed by atoms with van der Waals surface area (Å²) in [6, 6.07) is 7.82. The molecule has 0 unspecified atom stereocenters. The van der Waals surface area contributed by atoms with Gasteiger partial charge in [0.25, 0.3) is 0 Å². The summed E-state index contributed by atoms with van der Waals surface area (Å²) < 4.78 is 0. The van der Waals surface area contributed by atoms with Crippen molar-refractivity contribution >= 4 is 29.3 Å². The highest BCUT2D eigenvalue weighted by Crippen LogP contribution is 2.39. The highest BCUT2D eigenvalue weighted by atomic mass is 35.5. The van der Waals surface area contributed by atoms with Crippen LogP contribution in [0.3, 0.4) is 0 Å². The molecule has 1 aromatic carbocycles. The summed E-state index contributed by atoms with van der Waals surface area (Å²) in [5.41, 5.74) is 1.13. The number of hydrogen-bond acceptors (Lipinski definition) is 2. The normalized spacial score (nSPS) is 19.6. The molecule has 0 radical (unpaired) electrons. The Balaban J connectivity index is 2.14. The molecular formula is C14H18ClNOS. The van der Waals surface area contributed by atoms with Crippen LogP contribution in [0.5, 0.6) is 0 Å². The predicted molar refractivity (Wildman–Crippen MR) is 77.8 cm³/mol. The van der Waals surface area contributed by atoms with Crippen LogP contribution in [0.25, 0.3) is 0 Å². The van der Waals surface area contributed by atoms with Gasteiger partial charge in [0, 0.05) is 23.7 Å². The second-order valence-corrected chi connectivity index (χ2v) is 6.59. The molecular weight excluding hydrogens is 266 g/mol. The Kier molecular flexibility index (Phi) is 4.57. The second kappa shape index (κ2) is 5.98. The minimum Gasteiger partial charge on any atom is -0.326 e. The van der Waals surface area contributed by atoms with Gasteiger partial charge in [-0.3, -0.25) is 4.79 Å². The molecule has 1 atom stereocenters. The molecule has 1 saturated heterocycles. The number of carbonyl (C=O) groups is 1. The van der Waals surface area contributed by atoms with Gasteiger partial charge in [0.15, 0.2) is 0 Å². The molecule has 1 amide bonds. The molecule has 0 saturated carbocycles. The first-order chi connectivity index (χ1) is 8.58. The van der Waals surface area contributed by atoms with Crippen molar-refractivity contribution in [3.05, 3.63) is 34.9 Å². The Bertz CT molecular complexity index is 436. The molecule has 1 aliphatic rings. The average molecular weight is 284 g/mol.